The summed E-state index contributed by atoms with van der Waals surface area (Å²) in [5, 5.41) is 10.5. The van der Waals surface area contributed by atoms with Crippen LogP contribution in [0.3, 0.4) is 0 Å². The van der Waals surface area contributed by atoms with Gasteiger partial charge in [-0.2, -0.15) is 0 Å². The SMILES string of the molecule is CCCC[C@H](C)[C@H](O)c1cccc(OCc2ccccc2)c1. The fraction of sp³-hybridized carbons (Fsp3) is 0.400. The molecule has 2 rings (SSSR count). The van der Waals surface area contributed by atoms with Gasteiger partial charge in [-0.05, 0) is 35.6 Å². The zero-order chi connectivity index (χ0) is 15.8. The molecule has 0 spiro atoms. The fourth-order valence-corrected chi connectivity index (χ4v) is 2.54. The van der Waals surface area contributed by atoms with Crippen LogP contribution in [0.5, 0.6) is 5.75 Å². The van der Waals surface area contributed by atoms with Crippen molar-refractivity contribution in [2.45, 2.75) is 45.8 Å². The maximum Gasteiger partial charge on any atom is 0.120 e. The first-order valence-electron chi connectivity index (χ1n) is 8.15. The molecule has 2 atom stereocenters. The molecule has 2 aromatic rings. The maximum atomic E-state index is 10.5. The van der Waals surface area contributed by atoms with Crippen LogP contribution in [0.15, 0.2) is 54.6 Å². The van der Waals surface area contributed by atoms with Crippen LogP contribution in [0.4, 0.5) is 0 Å². The van der Waals surface area contributed by atoms with E-state index in [2.05, 4.69) is 13.8 Å². The standard InChI is InChI=1S/C20H26O2/c1-3-4-9-16(2)20(21)18-12-8-13-19(14-18)22-15-17-10-6-5-7-11-17/h5-8,10-14,16,20-21H,3-4,9,15H2,1-2H3/t16-,20-/m0/s1. The summed E-state index contributed by atoms with van der Waals surface area (Å²) >= 11 is 0. The smallest absolute Gasteiger partial charge is 0.120 e. The van der Waals surface area contributed by atoms with Gasteiger partial charge in [0.05, 0.1) is 6.10 Å². The minimum absolute atomic E-state index is 0.268. The van der Waals surface area contributed by atoms with E-state index in [-0.39, 0.29) is 5.92 Å². The Bertz CT molecular complexity index is 551. The van der Waals surface area contributed by atoms with Gasteiger partial charge in [0.1, 0.15) is 12.4 Å². The van der Waals surface area contributed by atoms with Crippen molar-refractivity contribution in [2.24, 2.45) is 5.92 Å². The lowest BCUT2D eigenvalue weighted by Gasteiger charge is -2.19. The van der Waals surface area contributed by atoms with Gasteiger partial charge < -0.3 is 9.84 Å². The van der Waals surface area contributed by atoms with Crippen molar-refractivity contribution >= 4 is 0 Å². The molecule has 118 valence electrons. The zero-order valence-corrected chi connectivity index (χ0v) is 13.5. The molecule has 22 heavy (non-hydrogen) atoms. The fourth-order valence-electron chi connectivity index (χ4n) is 2.54. The number of aliphatic hydroxyl groups excluding tert-OH is 1. The number of unbranched alkanes of at least 4 members (excludes halogenated alkanes) is 1. The van der Waals surface area contributed by atoms with Gasteiger partial charge in [0, 0.05) is 0 Å². The van der Waals surface area contributed by atoms with E-state index in [4.69, 9.17) is 4.74 Å². The summed E-state index contributed by atoms with van der Waals surface area (Å²) in [6.07, 6.45) is 2.94. The summed E-state index contributed by atoms with van der Waals surface area (Å²) in [6.45, 7) is 4.83. The molecule has 0 radical (unpaired) electrons. The summed E-state index contributed by atoms with van der Waals surface area (Å²) in [5.41, 5.74) is 2.08. The first kappa shape index (κ1) is 16.6. The van der Waals surface area contributed by atoms with Crippen LogP contribution in [-0.4, -0.2) is 5.11 Å². The number of hydrogen-bond acceptors (Lipinski definition) is 2. The number of benzene rings is 2. The van der Waals surface area contributed by atoms with Crippen LogP contribution in [0, 0.1) is 5.92 Å². The van der Waals surface area contributed by atoms with E-state index in [1.807, 2.05) is 54.6 Å². The minimum Gasteiger partial charge on any atom is -0.489 e. The molecule has 2 aromatic carbocycles. The molecular formula is C20H26O2. The highest BCUT2D eigenvalue weighted by Crippen LogP contribution is 2.28. The van der Waals surface area contributed by atoms with Gasteiger partial charge in [0.2, 0.25) is 0 Å². The maximum absolute atomic E-state index is 10.5. The Labute approximate surface area is 133 Å². The minimum atomic E-state index is -0.424. The Morgan fingerprint density at radius 2 is 1.82 bits per heavy atom. The average molecular weight is 298 g/mol. The Kier molecular flexibility index (Phi) is 6.47. The Hall–Kier alpha value is -1.80. The molecule has 0 aliphatic rings. The monoisotopic (exact) mass is 298 g/mol. The molecule has 1 N–H and O–H groups in total. The molecule has 2 heteroatoms. The summed E-state index contributed by atoms with van der Waals surface area (Å²) in [5.74, 6) is 1.08. The van der Waals surface area contributed by atoms with E-state index in [0.29, 0.717) is 6.61 Å². The second-order valence-corrected chi connectivity index (χ2v) is 5.91. The second kappa shape index (κ2) is 8.60. The summed E-state index contributed by atoms with van der Waals surface area (Å²) in [6, 6.07) is 17.9. The quantitative estimate of drug-likeness (QED) is 0.732. The first-order valence-corrected chi connectivity index (χ1v) is 8.15. The van der Waals surface area contributed by atoms with Crippen molar-refractivity contribution in [1.82, 2.24) is 0 Å². The summed E-state index contributed by atoms with van der Waals surface area (Å²) < 4.78 is 5.83. The lowest BCUT2D eigenvalue weighted by Crippen LogP contribution is -2.09. The van der Waals surface area contributed by atoms with Gasteiger partial charge in [-0.25, -0.2) is 0 Å². The van der Waals surface area contributed by atoms with Gasteiger partial charge in [0.25, 0.3) is 0 Å². The third-order valence-corrected chi connectivity index (χ3v) is 4.00. The zero-order valence-electron chi connectivity index (χ0n) is 13.5. The molecule has 0 saturated carbocycles. The number of ether oxygens (including phenoxy) is 1. The first-order chi connectivity index (χ1) is 10.7. The van der Waals surface area contributed by atoms with Crippen LogP contribution in [0.25, 0.3) is 0 Å². The highest BCUT2D eigenvalue weighted by Gasteiger charge is 2.16. The average Bonchev–Trinajstić information content (AvgIpc) is 2.58. The summed E-state index contributed by atoms with van der Waals surface area (Å²) in [7, 11) is 0. The highest BCUT2D eigenvalue weighted by molar-refractivity contribution is 5.30. The van der Waals surface area contributed by atoms with Crippen LogP contribution in [-0.2, 0) is 6.61 Å². The van der Waals surface area contributed by atoms with E-state index in [1.165, 1.54) is 0 Å². The van der Waals surface area contributed by atoms with Crippen molar-refractivity contribution < 1.29 is 9.84 Å². The molecule has 0 bridgehead atoms. The Morgan fingerprint density at radius 1 is 1.05 bits per heavy atom. The van der Waals surface area contributed by atoms with E-state index >= 15 is 0 Å². The predicted molar refractivity (Wildman–Crippen MR) is 90.9 cm³/mol. The normalized spacial score (nSPS) is 13.6. The largest absolute Gasteiger partial charge is 0.489 e. The third kappa shape index (κ3) is 4.88. The molecule has 0 heterocycles. The van der Waals surface area contributed by atoms with Crippen molar-refractivity contribution in [3.8, 4) is 5.75 Å². The van der Waals surface area contributed by atoms with Crippen molar-refractivity contribution in [3.05, 3.63) is 65.7 Å². The van der Waals surface area contributed by atoms with Crippen molar-refractivity contribution in [2.75, 3.05) is 0 Å². The summed E-state index contributed by atoms with van der Waals surface area (Å²) in [4.78, 5) is 0. The van der Waals surface area contributed by atoms with Crippen LogP contribution < -0.4 is 4.74 Å². The van der Waals surface area contributed by atoms with Crippen molar-refractivity contribution in [3.63, 3.8) is 0 Å². The van der Waals surface area contributed by atoms with Crippen LogP contribution in [0.2, 0.25) is 0 Å². The molecule has 0 aliphatic carbocycles. The third-order valence-electron chi connectivity index (χ3n) is 4.00. The Morgan fingerprint density at radius 3 is 2.55 bits per heavy atom. The van der Waals surface area contributed by atoms with E-state index in [1.54, 1.807) is 0 Å². The lowest BCUT2D eigenvalue weighted by molar-refractivity contribution is 0.111. The molecule has 2 nitrogen and oxygen atoms in total. The van der Waals surface area contributed by atoms with Gasteiger partial charge in [-0.3, -0.25) is 0 Å². The molecule has 0 aromatic heterocycles. The highest BCUT2D eigenvalue weighted by atomic mass is 16.5. The van der Waals surface area contributed by atoms with E-state index in [0.717, 1.165) is 36.1 Å². The number of aliphatic hydroxyl groups is 1. The van der Waals surface area contributed by atoms with Crippen LogP contribution >= 0.6 is 0 Å². The topological polar surface area (TPSA) is 29.5 Å². The van der Waals surface area contributed by atoms with Crippen molar-refractivity contribution in [1.29, 1.82) is 0 Å². The predicted octanol–water partition coefficient (Wildman–Crippen LogP) is 5.13. The molecule has 0 fully saturated rings. The molecule has 0 unspecified atom stereocenters. The second-order valence-electron chi connectivity index (χ2n) is 5.91. The molecule has 0 saturated heterocycles. The van der Waals surface area contributed by atoms with Crippen LogP contribution in [0.1, 0.15) is 50.3 Å². The number of rotatable bonds is 8. The Balaban J connectivity index is 1.97. The van der Waals surface area contributed by atoms with E-state index in [9.17, 15) is 5.11 Å². The molecule has 0 amide bonds. The number of hydrogen-bond donors (Lipinski definition) is 1. The lowest BCUT2D eigenvalue weighted by atomic mass is 9.93. The van der Waals surface area contributed by atoms with Gasteiger partial charge in [-0.1, -0.05) is 69.2 Å². The molecule has 0 aliphatic heterocycles. The van der Waals surface area contributed by atoms with E-state index < -0.39 is 6.10 Å². The van der Waals surface area contributed by atoms with Gasteiger partial charge in [-0.15, -0.1) is 0 Å². The van der Waals surface area contributed by atoms with Gasteiger partial charge >= 0.3 is 0 Å². The molecular weight excluding hydrogens is 272 g/mol. The van der Waals surface area contributed by atoms with Gasteiger partial charge in [0.15, 0.2) is 0 Å².